The highest BCUT2D eigenvalue weighted by atomic mass is 31.1. The maximum Gasteiger partial charge on any atom is 0.0507 e. The Balaban J connectivity index is 2.41. The molecule has 0 aliphatic carbocycles. The molecule has 1 aromatic carbocycles. The van der Waals surface area contributed by atoms with Crippen LogP contribution in [0, 0.1) is 6.92 Å². The first kappa shape index (κ1) is 9.70. The Kier molecular flexibility index (Phi) is 4.27. The van der Waals surface area contributed by atoms with Gasteiger partial charge in [-0.3, -0.25) is 0 Å². The molecule has 0 saturated carbocycles. The van der Waals surface area contributed by atoms with Crippen LogP contribution < -0.4 is 5.30 Å². The van der Waals surface area contributed by atoms with E-state index in [1.54, 1.807) is 0 Å². The monoisotopic (exact) mass is 182 g/mol. The van der Waals surface area contributed by atoms with Crippen LogP contribution in [0.5, 0.6) is 0 Å². The Morgan fingerprint density at radius 3 is 2.92 bits per heavy atom. The molecule has 0 aliphatic rings. The molecule has 12 heavy (non-hydrogen) atoms. The third-order valence-corrected chi connectivity index (χ3v) is 2.41. The minimum atomic E-state index is 0.508. The second kappa shape index (κ2) is 5.29. The van der Waals surface area contributed by atoms with E-state index in [2.05, 4.69) is 38.1 Å². The lowest BCUT2D eigenvalue weighted by Gasteiger charge is -2.02. The van der Waals surface area contributed by atoms with Gasteiger partial charge in [0.05, 0.1) is 6.61 Å². The second-order valence-electron chi connectivity index (χ2n) is 2.82. The van der Waals surface area contributed by atoms with Gasteiger partial charge in [0.1, 0.15) is 0 Å². The van der Waals surface area contributed by atoms with Crippen molar-refractivity contribution in [3.05, 3.63) is 29.8 Å². The van der Waals surface area contributed by atoms with Gasteiger partial charge in [-0.1, -0.05) is 30.7 Å². The molecule has 0 bridgehead atoms. The maximum atomic E-state index is 5.45. The molecule has 0 heterocycles. The largest absolute Gasteiger partial charge is 0.358 e. The van der Waals surface area contributed by atoms with Gasteiger partial charge in [-0.25, -0.2) is 0 Å². The zero-order chi connectivity index (χ0) is 8.81. The molecule has 1 nitrogen and oxygen atoms in total. The predicted octanol–water partition coefficient (Wildman–Crippen LogP) is 2.64. The Hall–Kier alpha value is -0.390. The van der Waals surface area contributed by atoms with Crippen molar-refractivity contribution in [2.75, 3.05) is 6.61 Å². The Morgan fingerprint density at radius 2 is 2.25 bits per heavy atom. The molecule has 0 N–H and O–H groups in total. The molecule has 1 atom stereocenters. The summed E-state index contributed by atoms with van der Waals surface area (Å²) in [6, 6.07) is 8.47. The molecule has 0 amide bonds. The summed E-state index contributed by atoms with van der Waals surface area (Å²) in [6.45, 7) is 5.10. The maximum absolute atomic E-state index is 5.45. The Morgan fingerprint density at radius 1 is 1.42 bits per heavy atom. The molecule has 0 aromatic heterocycles. The van der Waals surface area contributed by atoms with Crippen molar-refractivity contribution in [1.82, 2.24) is 0 Å². The molecule has 0 fully saturated rings. The highest BCUT2D eigenvalue weighted by Crippen LogP contribution is 2.12. The first-order valence-electron chi connectivity index (χ1n) is 4.27. The standard InChI is InChI=1S/C10H15OP/c1-3-7-11-12-10-6-4-5-9(2)8-10/h4-6,8,12H,3,7H2,1-2H3. The van der Waals surface area contributed by atoms with Gasteiger partial charge in [-0.15, -0.1) is 0 Å². The number of hydrogen-bond donors (Lipinski definition) is 0. The highest BCUT2D eigenvalue weighted by Gasteiger charge is 1.92. The predicted molar refractivity (Wildman–Crippen MR) is 55.4 cm³/mol. The van der Waals surface area contributed by atoms with Crippen molar-refractivity contribution in [2.24, 2.45) is 0 Å². The van der Waals surface area contributed by atoms with Crippen LogP contribution in [0.1, 0.15) is 18.9 Å². The first-order chi connectivity index (χ1) is 5.83. The van der Waals surface area contributed by atoms with Crippen molar-refractivity contribution in [3.63, 3.8) is 0 Å². The van der Waals surface area contributed by atoms with Crippen molar-refractivity contribution < 1.29 is 4.52 Å². The summed E-state index contributed by atoms with van der Waals surface area (Å²) in [5.41, 5.74) is 1.31. The van der Waals surface area contributed by atoms with Crippen LogP contribution in [-0.4, -0.2) is 6.61 Å². The zero-order valence-corrected chi connectivity index (χ0v) is 8.63. The van der Waals surface area contributed by atoms with Crippen LogP contribution in [0.25, 0.3) is 0 Å². The van der Waals surface area contributed by atoms with Gasteiger partial charge >= 0.3 is 0 Å². The second-order valence-corrected chi connectivity index (χ2v) is 3.89. The van der Waals surface area contributed by atoms with Gasteiger partial charge in [-0.2, -0.15) is 0 Å². The first-order valence-corrected chi connectivity index (χ1v) is 5.18. The fourth-order valence-corrected chi connectivity index (χ4v) is 1.87. The Bertz CT molecular complexity index is 235. The van der Waals surface area contributed by atoms with Crippen LogP contribution in [0.3, 0.4) is 0 Å². The van der Waals surface area contributed by atoms with E-state index < -0.39 is 0 Å². The minimum Gasteiger partial charge on any atom is -0.358 e. The van der Waals surface area contributed by atoms with E-state index in [0.29, 0.717) is 8.81 Å². The van der Waals surface area contributed by atoms with E-state index >= 15 is 0 Å². The molecule has 1 rings (SSSR count). The van der Waals surface area contributed by atoms with Crippen LogP contribution in [0.15, 0.2) is 24.3 Å². The normalized spacial score (nSPS) is 11.2. The molecule has 1 unspecified atom stereocenters. The van der Waals surface area contributed by atoms with Crippen molar-refractivity contribution in [3.8, 4) is 0 Å². The van der Waals surface area contributed by atoms with Crippen LogP contribution in [0.2, 0.25) is 0 Å². The molecular weight excluding hydrogens is 167 g/mol. The SMILES string of the molecule is CCCOPc1cccc(C)c1. The van der Waals surface area contributed by atoms with Crippen LogP contribution >= 0.6 is 8.81 Å². The number of benzene rings is 1. The van der Waals surface area contributed by atoms with E-state index in [0.717, 1.165) is 13.0 Å². The fourth-order valence-electron chi connectivity index (χ4n) is 0.945. The number of rotatable bonds is 4. The van der Waals surface area contributed by atoms with E-state index in [9.17, 15) is 0 Å². The van der Waals surface area contributed by atoms with Gasteiger partial charge in [0.25, 0.3) is 0 Å². The summed E-state index contributed by atoms with van der Waals surface area (Å²) in [5.74, 6) is 0. The molecular formula is C10H15OP. The number of hydrogen-bond acceptors (Lipinski definition) is 1. The summed E-state index contributed by atoms with van der Waals surface area (Å²) in [7, 11) is 0.508. The quantitative estimate of drug-likeness (QED) is 0.513. The van der Waals surface area contributed by atoms with Crippen LogP contribution in [0.4, 0.5) is 0 Å². The van der Waals surface area contributed by atoms with E-state index in [-0.39, 0.29) is 0 Å². The summed E-state index contributed by atoms with van der Waals surface area (Å²) in [4.78, 5) is 0. The van der Waals surface area contributed by atoms with E-state index in [4.69, 9.17) is 4.52 Å². The summed E-state index contributed by atoms with van der Waals surface area (Å²) >= 11 is 0. The number of aryl methyl sites for hydroxylation is 1. The molecule has 66 valence electrons. The minimum absolute atomic E-state index is 0.508. The molecule has 2 heteroatoms. The molecule has 0 spiro atoms. The van der Waals surface area contributed by atoms with E-state index in [1.165, 1.54) is 10.9 Å². The molecule has 0 saturated heterocycles. The average molecular weight is 182 g/mol. The summed E-state index contributed by atoms with van der Waals surface area (Å²) < 4.78 is 5.45. The van der Waals surface area contributed by atoms with Gasteiger partial charge in [0, 0.05) is 8.81 Å². The Labute approximate surface area is 76.0 Å². The molecule has 0 radical (unpaired) electrons. The van der Waals surface area contributed by atoms with Gasteiger partial charge < -0.3 is 4.52 Å². The zero-order valence-electron chi connectivity index (χ0n) is 7.63. The smallest absolute Gasteiger partial charge is 0.0507 e. The van der Waals surface area contributed by atoms with Gasteiger partial charge in [0.2, 0.25) is 0 Å². The highest BCUT2D eigenvalue weighted by molar-refractivity contribution is 7.41. The lowest BCUT2D eigenvalue weighted by Crippen LogP contribution is -1.95. The molecule has 0 aliphatic heterocycles. The average Bonchev–Trinajstić information content (AvgIpc) is 2.05. The molecule has 1 aromatic rings. The van der Waals surface area contributed by atoms with Gasteiger partial charge in [-0.05, 0) is 24.7 Å². The summed E-state index contributed by atoms with van der Waals surface area (Å²) in [5, 5.41) is 1.29. The van der Waals surface area contributed by atoms with E-state index in [1.807, 2.05) is 0 Å². The topological polar surface area (TPSA) is 9.23 Å². The van der Waals surface area contributed by atoms with Crippen molar-refractivity contribution in [2.45, 2.75) is 20.3 Å². The van der Waals surface area contributed by atoms with Crippen molar-refractivity contribution >= 4 is 14.1 Å². The lowest BCUT2D eigenvalue weighted by molar-refractivity contribution is 0.366. The van der Waals surface area contributed by atoms with Crippen molar-refractivity contribution in [1.29, 1.82) is 0 Å². The van der Waals surface area contributed by atoms with Gasteiger partial charge in [0.15, 0.2) is 0 Å². The third kappa shape index (κ3) is 3.34. The fraction of sp³-hybridized carbons (Fsp3) is 0.400. The lowest BCUT2D eigenvalue weighted by atomic mass is 10.2. The van der Waals surface area contributed by atoms with Crippen LogP contribution in [-0.2, 0) is 4.52 Å². The summed E-state index contributed by atoms with van der Waals surface area (Å²) in [6.07, 6.45) is 1.10. The third-order valence-electron chi connectivity index (χ3n) is 1.51.